The Morgan fingerprint density at radius 2 is 1.48 bits per heavy atom. The van der Waals surface area contributed by atoms with E-state index in [1.165, 1.54) is 6.92 Å². The Bertz CT molecular complexity index is 909. The Kier molecular flexibility index (Phi) is 7.44. The summed E-state index contributed by atoms with van der Waals surface area (Å²) in [7, 11) is 0. The first-order valence-corrected chi connectivity index (χ1v) is 10.1. The van der Waals surface area contributed by atoms with Crippen LogP contribution in [0.2, 0.25) is 0 Å². The average Bonchev–Trinajstić information content (AvgIpc) is 2.98. The molecule has 0 radical (unpaired) electrons. The molecule has 0 unspecified atom stereocenters. The smallest absolute Gasteiger partial charge is 0.408 e. The second-order valence-electron chi connectivity index (χ2n) is 8.83. The summed E-state index contributed by atoms with van der Waals surface area (Å²) in [6.07, 6.45) is -1.55. The Labute approximate surface area is 190 Å². The summed E-state index contributed by atoms with van der Waals surface area (Å²) >= 11 is 0. The standard InChI is InChI=1S/C24H29NO5.H2S/c1-15(30-23(2,3)4)24(5,21(26)27)25-22(28)29-14-20-18-12-8-6-10-16(18)17-11-7-9-13-19(17)20;/h6-13,15,20H,14H2,1-5H3,(H,25,28)(H,26,27);1H2/t15-,24-;/m0./s1. The monoisotopic (exact) mass is 445 g/mol. The number of benzene rings is 2. The molecule has 31 heavy (non-hydrogen) atoms. The third kappa shape index (κ3) is 5.22. The number of carboxylic acids is 1. The van der Waals surface area contributed by atoms with Gasteiger partial charge < -0.3 is 19.9 Å². The minimum atomic E-state index is -1.63. The molecule has 7 heteroatoms. The van der Waals surface area contributed by atoms with Crippen molar-refractivity contribution in [1.82, 2.24) is 5.32 Å². The molecule has 1 aliphatic carbocycles. The molecule has 6 nitrogen and oxygen atoms in total. The number of hydrogen-bond acceptors (Lipinski definition) is 4. The third-order valence-electron chi connectivity index (χ3n) is 5.49. The number of amides is 1. The second kappa shape index (κ2) is 9.32. The zero-order chi connectivity index (χ0) is 22.1. The Hall–Kier alpha value is -2.51. The number of alkyl carbamates (subject to hydrolysis) is 1. The van der Waals surface area contributed by atoms with Crippen molar-refractivity contribution >= 4 is 25.6 Å². The van der Waals surface area contributed by atoms with Crippen LogP contribution in [0.1, 0.15) is 51.7 Å². The Morgan fingerprint density at radius 3 is 1.94 bits per heavy atom. The van der Waals surface area contributed by atoms with Gasteiger partial charge in [0.1, 0.15) is 6.61 Å². The van der Waals surface area contributed by atoms with E-state index in [0.29, 0.717) is 0 Å². The van der Waals surface area contributed by atoms with Gasteiger partial charge in [-0.15, -0.1) is 0 Å². The fourth-order valence-electron chi connectivity index (χ4n) is 3.82. The van der Waals surface area contributed by atoms with Gasteiger partial charge in [0.15, 0.2) is 5.54 Å². The highest BCUT2D eigenvalue weighted by molar-refractivity contribution is 7.59. The van der Waals surface area contributed by atoms with E-state index >= 15 is 0 Å². The third-order valence-corrected chi connectivity index (χ3v) is 5.49. The molecule has 0 saturated heterocycles. The lowest BCUT2D eigenvalue weighted by molar-refractivity contribution is -0.156. The molecule has 2 aromatic rings. The highest BCUT2D eigenvalue weighted by Gasteiger charge is 2.43. The maximum atomic E-state index is 12.6. The number of aliphatic carboxylic acids is 1. The first-order chi connectivity index (χ1) is 14.0. The van der Waals surface area contributed by atoms with Crippen molar-refractivity contribution in [3.63, 3.8) is 0 Å². The summed E-state index contributed by atoms with van der Waals surface area (Å²) < 4.78 is 11.3. The number of carbonyl (C=O) groups excluding carboxylic acids is 1. The van der Waals surface area contributed by atoms with Crippen molar-refractivity contribution in [2.75, 3.05) is 6.61 Å². The number of carboxylic acid groups (broad SMARTS) is 1. The summed E-state index contributed by atoms with van der Waals surface area (Å²) in [6.45, 7) is 8.66. The van der Waals surface area contributed by atoms with E-state index in [1.54, 1.807) is 6.92 Å². The summed E-state index contributed by atoms with van der Waals surface area (Å²) in [6, 6.07) is 16.1. The highest BCUT2D eigenvalue weighted by atomic mass is 32.1. The maximum absolute atomic E-state index is 12.6. The van der Waals surface area contributed by atoms with E-state index < -0.39 is 29.3 Å². The molecule has 1 aliphatic rings. The number of hydrogen-bond donors (Lipinski definition) is 2. The molecular weight excluding hydrogens is 414 g/mol. The molecule has 1 amide bonds. The van der Waals surface area contributed by atoms with Crippen molar-refractivity contribution in [3.05, 3.63) is 59.7 Å². The lowest BCUT2D eigenvalue weighted by atomic mass is 9.95. The lowest BCUT2D eigenvalue weighted by Gasteiger charge is -2.36. The van der Waals surface area contributed by atoms with Gasteiger partial charge in [-0.3, -0.25) is 0 Å². The predicted molar refractivity (Wildman–Crippen MR) is 125 cm³/mol. The fraction of sp³-hybridized carbons (Fsp3) is 0.417. The zero-order valence-corrected chi connectivity index (χ0v) is 19.6. The van der Waals surface area contributed by atoms with Crippen LogP contribution in [0.5, 0.6) is 0 Å². The van der Waals surface area contributed by atoms with Gasteiger partial charge in [-0.05, 0) is 56.9 Å². The first kappa shape index (κ1) is 24.8. The fourth-order valence-corrected chi connectivity index (χ4v) is 3.82. The van der Waals surface area contributed by atoms with Crippen LogP contribution in [0.25, 0.3) is 11.1 Å². The topological polar surface area (TPSA) is 84.9 Å². The predicted octanol–water partition coefficient (Wildman–Crippen LogP) is 4.68. The summed E-state index contributed by atoms with van der Waals surface area (Å²) in [5, 5.41) is 12.2. The number of rotatable bonds is 6. The maximum Gasteiger partial charge on any atom is 0.408 e. The van der Waals surface area contributed by atoms with Gasteiger partial charge in [0.05, 0.1) is 11.7 Å². The quantitative estimate of drug-likeness (QED) is 0.674. The van der Waals surface area contributed by atoms with E-state index in [2.05, 4.69) is 17.4 Å². The van der Waals surface area contributed by atoms with Crippen LogP contribution in [0, 0.1) is 0 Å². The Balaban J connectivity index is 0.00000341. The van der Waals surface area contributed by atoms with Crippen LogP contribution in [0.15, 0.2) is 48.5 Å². The molecule has 0 spiro atoms. The normalized spacial score (nSPS) is 15.6. The number of nitrogens with one attached hydrogen (secondary N) is 1. The van der Waals surface area contributed by atoms with Gasteiger partial charge in [0.25, 0.3) is 0 Å². The molecule has 0 saturated carbocycles. The van der Waals surface area contributed by atoms with Gasteiger partial charge in [-0.1, -0.05) is 48.5 Å². The van der Waals surface area contributed by atoms with Crippen molar-refractivity contribution in [2.45, 2.75) is 57.8 Å². The number of ether oxygens (including phenoxy) is 2. The Morgan fingerprint density at radius 1 is 1.00 bits per heavy atom. The van der Waals surface area contributed by atoms with Gasteiger partial charge in [0, 0.05) is 5.92 Å². The van der Waals surface area contributed by atoms with E-state index in [0.717, 1.165) is 22.3 Å². The molecule has 0 aliphatic heterocycles. The molecule has 0 fully saturated rings. The van der Waals surface area contributed by atoms with E-state index in [9.17, 15) is 14.7 Å². The van der Waals surface area contributed by atoms with Crippen LogP contribution in [-0.4, -0.2) is 41.0 Å². The molecule has 2 N–H and O–H groups in total. The molecular formula is C24H31NO5S. The van der Waals surface area contributed by atoms with Gasteiger partial charge in [-0.2, -0.15) is 13.5 Å². The summed E-state index contributed by atoms with van der Waals surface area (Å²) in [4.78, 5) is 24.5. The van der Waals surface area contributed by atoms with Gasteiger partial charge in [0.2, 0.25) is 0 Å². The minimum absolute atomic E-state index is 0. The van der Waals surface area contributed by atoms with E-state index in [1.807, 2.05) is 57.2 Å². The summed E-state index contributed by atoms with van der Waals surface area (Å²) in [5.41, 5.74) is 2.26. The van der Waals surface area contributed by atoms with Crippen molar-refractivity contribution in [1.29, 1.82) is 0 Å². The summed E-state index contributed by atoms with van der Waals surface area (Å²) in [5.74, 6) is -1.28. The highest BCUT2D eigenvalue weighted by Crippen LogP contribution is 2.44. The van der Waals surface area contributed by atoms with Crippen LogP contribution in [0.3, 0.4) is 0 Å². The second-order valence-corrected chi connectivity index (χ2v) is 8.83. The molecule has 0 heterocycles. The molecule has 2 atom stereocenters. The molecule has 0 aromatic heterocycles. The van der Waals surface area contributed by atoms with Crippen LogP contribution in [-0.2, 0) is 14.3 Å². The van der Waals surface area contributed by atoms with Crippen LogP contribution < -0.4 is 5.32 Å². The average molecular weight is 446 g/mol. The van der Waals surface area contributed by atoms with Crippen LogP contribution >= 0.6 is 13.5 Å². The van der Waals surface area contributed by atoms with E-state index in [-0.39, 0.29) is 26.0 Å². The number of fused-ring (bicyclic) bond motifs is 3. The van der Waals surface area contributed by atoms with Crippen LogP contribution in [0.4, 0.5) is 4.79 Å². The molecule has 0 bridgehead atoms. The van der Waals surface area contributed by atoms with Crippen molar-refractivity contribution < 1.29 is 24.2 Å². The van der Waals surface area contributed by atoms with E-state index in [4.69, 9.17) is 9.47 Å². The van der Waals surface area contributed by atoms with Crippen molar-refractivity contribution in [2.24, 2.45) is 0 Å². The molecule has 168 valence electrons. The molecule has 2 aromatic carbocycles. The van der Waals surface area contributed by atoms with Gasteiger partial charge >= 0.3 is 12.1 Å². The van der Waals surface area contributed by atoms with Crippen molar-refractivity contribution in [3.8, 4) is 11.1 Å². The SMILES string of the molecule is C[C@H](OC(C)(C)C)[C@](C)(NC(=O)OCC1c2ccccc2-c2ccccc21)C(=O)O.S. The zero-order valence-electron chi connectivity index (χ0n) is 18.6. The first-order valence-electron chi connectivity index (χ1n) is 10.1. The lowest BCUT2D eigenvalue weighted by Crippen LogP contribution is -2.61. The largest absolute Gasteiger partial charge is 0.479 e. The number of carbonyl (C=O) groups is 2. The minimum Gasteiger partial charge on any atom is -0.479 e. The molecule has 3 rings (SSSR count). The van der Waals surface area contributed by atoms with Gasteiger partial charge in [-0.25, -0.2) is 9.59 Å².